The fourth-order valence-electron chi connectivity index (χ4n) is 0.508. The summed E-state index contributed by atoms with van der Waals surface area (Å²) >= 11 is 4.07. The number of aromatic nitrogens is 1. The first-order valence-electron chi connectivity index (χ1n) is 2.44. The largest absolute Gasteiger partial charge is 0.323 e. The number of nitrogen functional groups attached to an aromatic ring is 1. The summed E-state index contributed by atoms with van der Waals surface area (Å²) in [6, 6.07) is 1.75. The van der Waals surface area contributed by atoms with Crippen LogP contribution in [0.3, 0.4) is 0 Å². The van der Waals surface area contributed by atoms with Crippen molar-refractivity contribution in [3.63, 3.8) is 0 Å². The smallest absolute Gasteiger partial charge is 0.0649 e. The van der Waals surface area contributed by atoms with Crippen molar-refractivity contribution in [2.45, 2.75) is 4.90 Å². The predicted molar refractivity (Wildman–Crippen MR) is 39.3 cm³/mol. The monoisotopic (exact) mass is 141 g/mol. The summed E-state index contributed by atoms with van der Waals surface area (Å²) in [6.07, 6.45) is 3.27. The van der Waals surface area contributed by atoms with Gasteiger partial charge < -0.3 is 5.43 Å². The van der Waals surface area contributed by atoms with Crippen LogP contribution >= 0.6 is 12.6 Å². The molecule has 0 amide bonds. The fourth-order valence-corrected chi connectivity index (χ4v) is 0.714. The lowest BCUT2D eigenvalue weighted by Gasteiger charge is -1.99. The van der Waals surface area contributed by atoms with Crippen molar-refractivity contribution in [1.82, 2.24) is 4.98 Å². The SMILES string of the molecule is NNc1ccncc1S. The molecule has 0 aliphatic rings. The zero-order valence-corrected chi connectivity index (χ0v) is 5.60. The Morgan fingerprint density at radius 2 is 2.44 bits per heavy atom. The van der Waals surface area contributed by atoms with E-state index in [0.29, 0.717) is 0 Å². The molecular formula is C5H7N3S. The molecule has 0 fully saturated rings. The van der Waals surface area contributed by atoms with E-state index >= 15 is 0 Å². The maximum absolute atomic E-state index is 5.12. The van der Waals surface area contributed by atoms with Crippen molar-refractivity contribution in [1.29, 1.82) is 0 Å². The minimum absolute atomic E-state index is 0.750. The maximum atomic E-state index is 5.12. The second kappa shape index (κ2) is 2.70. The fraction of sp³-hybridized carbons (Fsp3) is 0. The third kappa shape index (κ3) is 1.34. The molecule has 0 spiro atoms. The average molecular weight is 141 g/mol. The van der Waals surface area contributed by atoms with Crippen LogP contribution < -0.4 is 11.3 Å². The topological polar surface area (TPSA) is 50.9 Å². The Morgan fingerprint density at radius 3 is 2.89 bits per heavy atom. The lowest BCUT2D eigenvalue weighted by Crippen LogP contribution is -2.07. The van der Waals surface area contributed by atoms with Gasteiger partial charge in [0.15, 0.2) is 0 Å². The highest BCUT2D eigenvalue weighted by atomic mass is 32.1. The molecule has 0 aliphatic carbocycles. The van der Waals surface area contributed by atoms with E-state index in [4.69, 9.17) is 5.84 Å². The molecule has 0 aliphatic heterocycles. The number of nitrogens with two attached hydrogens (primary N) is 1. The molecule has 3 N–H and O–H groups in total. The van der Waals surface area contributed by atoms with Crippen LogP contribution in [0.1, 0.15) is 0 Å². The van der Waals surface area contributed by atoms with Crippen molar-refractivity contribution in [2.75, 3.05) is 5.43 Å². The zero-order valence-electron chi connectivity index (χ0n) is 4.70. The minimum Gasteiger partial charge on any atom is -0.323 e. The Balaban J connectivity index is 3.01. The molecule has 3 nitrogen and oxygen atoms in total. The van der Waals surface area contributed by atoms with Gasteiger partial charge in [-0.2, -0.15) is 0 Å². The molecule has 0 saturated carbocycles. The van der Waals surface area contributed by atoms with Crippen LogP contribution in [0.15, 0.2) is 23.4 Å². The number of anilines is 1. The van der Waals surface area contributed by atoms with Crippen molar-refractivity contribution in [3.8, 4) is 0 Å². The number of nitrogens with one attached hydrogen (secondary N) is 1. The van der Waals surface area contributed by atoms with Crippen LogP contribution in [0, 0.1) is 0 Å². The zero-order chi connectivity index (χ0) is 6.69. The lowest BCUT2D eigenvalue weighted by molar-refractivity contribution is 1.20. The van der Waals surface area contributed by atoms with E-state index in [2.05, 4.69) is 23.0 Å². The van der Waals surface area contributed by atoms with Gasteiger partial charge in [-0.25, -0.2) is 0 Å². The molecule has 1 rings (SSSR count). The summed E-state index contributed by atoms with van der Waals surface area (Å²) in [4.78, 5) is 4.57. The van der Waals surface area contributed by atoms with Gasteiger partial charge in [0.1, 0.15) is 0 Å². The molecule has 0 bridgehead atoms. The number of rotatable bonds is 1. The quantitative estimate of drug-likeness (QED) is 0.306. The first kappa shape index (κ1) is 6.38. The van der Waals surface area contributed by atoms with Gasteiger partial charge in [0.2, 0.25) is 0 Å². The van der Waals surface area contributed by atoms with E-state index in [1.54, 1.807) is 18.5 Å². The second-order valence-corrected chi connectivity index (χ2v) is 2.02. The van der Waals surface area contributed by atoms with Crippen molar-refractivity contribution < 1.29 is 0 Å². The molecule has 1 heterocycles. The molecule has 0 saturated heterocycles. The first-order valence-corrected chi connectivity index (χ1v) is 2.89. The molecule has 0 unspecified atom stereocenters. The van der Waals surface area contributed by atoms with Crippen LogP contribution in [-0.4, -0.2) is 4.98 Å². The van der Waals surface area contributed by atoms with Crippen molar-refractivity contribution in [2.24, 2.45) is 5.84 Å². The number of hydrogen-bond acceptors (Lipinski definition) is 4. The summed E-state index contributed by atoms with van der Waals surface area (Å²) in [5.74, 6) is 5.12. The minimum atomic E-state index is 0.750. The Morgan fingerprint density at radius 1 is 1.67 bits per heavy atom. The van der Waals surface area contributed by atoms with Crippen molar-refractivity contribution in [3.05, 3.63) is 18.5 Å². The highest BCUT2D eigenvalue weighted by Crippen LogP contribution is 2.14. The van der Waals surface area contributed by atoms with Crippen molar-refractivity contribution >= 4 is 18.3 Å². The number of hydrazine groups is 1. The highest BCUT2D eigenvalue weighted by molar-refractivity contribution is 7.80. The summed E-state index contributed by atoms with van der Waals surface area (Å²) in [7, 11) is 0. The number of hydrogen-bond donors (Lipinski definition) is 3. The Labute approximate surface area is 58.7 Å². The molecule has 9 heavy (non-hydrogen) atoms. The molecule has 0 atom stereocenters. The van der Waals surface area contributed by atoms with E-state index in [-0.39, 0.29) is 0 Å². The van der Waals surface area contributed by atoms with Crippen LogP contribution in [0.2, 0.25) is 0 Å². The van der Waals surface area contributed by atoms with Gasteiger partial charge in [0, 0.05) is 17.3 Å². The highest BCUT2D eigenvalue weighted by Gasteiger charge is 1.91. The van der Waals surface area contributed by atoms with Gasteiger partial charge in [-0.15, -0.1) is 12.6 Å². The summed E-state index contributed by atoms with van der Waals surface area (Å²) < 4.78 is 0. The third-order valence-electron chi connectivity index (χ3n) is 0.956. The van der Waals surface area contributed by atoms with Crippen LogP contribution in [0.5, 0.6) is 0 Å². The number of pyridine rings is 1. The molecule has 4 heteroatoms. The third-order valence-corrected chi connectivity index (χ3v) is 1.31. The van der Waals surface area contributed by atoms with Gasteiger partial charge in [-0.05, 0) is 6.07 Å². The van der Waals surface area contributed by atoms with Gasteiger partial charge in [0.05, 0.1) is 5.69 Å². The van der Waals surface area contributed by atoms with E-state index in [1.165, 1.54) is 0 Å². The number of thiol groups is 1. The molecular weight excluding hydrogens is 134 g/mol. The average Bonchev–Trinajstić information content (AvgIpc) is 1.89. The van der Waals surface area contributed by atoms with Crippen LogP contribution in [0.25, 0.3) is 0 Å². The normalized spacial score (nSPS) is 9.11. The maximum Gasteiger partial charge on any atom is 0.0649 e. The molecule has 0 aromatic carbocycles. The first-order chi connectivity index (χ1) is 4.34. The van der Waals surface area contributed by atoms with E-state index in [9.17, 15) is 0 Å². The Hall–Kier alpha value is -0.740. The molecule has 48 valence electrons. The molecule has 0 radical (unpaired) electrons. The van der Waals surface area contributed by atoms with E-state index in [1.807, 2.05) is 0 Å². The molecule has 1 aromatic rings. The van der Waals surface area contributed by atoms with E-state index in [0.717, 1.165) is 10.6 Å². The summed E-state index contributed by atoms with van der Waals surface area (Å²) in [5.41, 5.74) is 3.26. The van der Waals surface area contributed by atoms with Crippen LogP contribution in [-0.2, 0) is 0 Å². The van der Waals surface area contributed by atoms with Gasteiger partial charge in [-0.1, -0.05) is 0 Å². The van der Waals surface area contributed by atoms with Crippen LogP contribution in [0.4, 0.5) is 5.69 Å². The Kier molecular flexibility index (Phi) is 1.92. The Bertz CT molecular complexity index is 201. The second-order valence-electron chi connectivity index (χ2n) is 1.54. The standard InChI is InChI=1S/C5H7N3S/c6-8-4-1-2-7-3-5(4)9/h1-3,9H,6H2,(H,7,8). The summed E-state index contributed by atoms with van der Waals surface area (Å²) in [5, 5.41) is 0. The molecule has 1 aromatic heterocycles. The van der Waals surface area contributed by atoms with Gasteiger partial charge in [0.25, 0.3) is 0 Å². The van der Waals surface area contributed by atoms with Gasteiger partial charge in [-0.3, -0.25) is 10.8 Å². The predicted octanol–water partition coefficient (Wildman–Crippen LogP) is 0.656. The van der Waals surface area contributed by atoms with E-state index < -0.39 is 0 Å². The lowest BCUT2D eigenvalue weighted by atomic mass is 10.4. The summed E-state index contributed by atoms with van der Waals surface area (Å²) in [6.45, 7) is 0. The number of nitrogens with zero attached hydrogens (tertiary/aromatic N) is 1. The van der Waals surface area contributed by atoms with Gasteiger partial charge >= 0.3 is 0 Å².